The first-order chi connectivity index (χ1) is 21.0. The predicted molar refractivity (Wildman–Crippen MR) is 149 cm³/mol. The number of esters is 1. The van der Waals surface area contributed by atoms with Crippen molar-refractivity contribution in [1.82, 2.24) is 54.1 Å². The molecule has 0 atom stereocenters. The molecule has 5 aromatic heterocycles. The number of nitrogens with two attached hydrogens (primary N) is 2. The van der Waals surface area contributed by atoms with E-state index in [1.165, 1.54) is 51.6 Å². The van der Waals surface area contributed by atoms with Crippen LogP contribution >= 0.6 is 0 Å². The van der Waals surface area contributed by atoms with Gasteiger partial charge in [-0.25, -0.2) is 14.2 Å². The first-order valence-electron chi connectivity index (χ1n) is 12.4. The largest absolute Gasteiger partial charge is 0.465 e. The quantitative estimate of drug-likeness (QED) is 0.0797. The first-order valence-corrected chi connectivity index (χ1v) is 12.4. The fourth-order valence-corrected chi connectivity index (χ4v) is 3.89. The summed E-state index contributed by atoms with van der Waals surface area (Å²) in [4.78, 5) is 47.6. The van der Waals surface area contributed by atoms with Crippen molar-refractivity contribution in [3.8, 4) is 11.9 Å². The second kappa shape index (κ2) is 11.4. The third-order valence-electron chi connectivity index (χ3n) is 6.13. The lowest BCUT2D eigenvalue weighted by Gasteiger charge is -2.05. The lowest BCUT2D eigenvalue weighted by molar-refractivity contribution is -0.104. The highest BCUT2D eigenvalue weighted by molar-refractivity contribution is 6.34. The molecule has 0 unspecified atom stereocenters. The van der Waals surface area contributed by atoms with E-state index in [-0.39, 0.29) is 64.0 Å². The second-order valence-electron chi connectivity index (χ2n) is 8.93. The van der Waals surface area contributed by atoms with Gasteiger partial charge in [0.25, 0.3) is 11.9 Å². The van der Waals surface area contributed by atoms with Crippen LogP contribution in [0, 0.1) is 13.8 Å². The minimum Gasteiger partial charge on any atom is -0.465 e. The molecule has 0 aliphatic rings. The molecule has 224 valence electrons. The number of ketones is 1. The molecule has 5 rings (SSSR count). The van der Waals surface area contributed by atoms with Crippen molar-refractivity contribution in [2.45, 2.75) is 13.8 Å². The van der Waals surface area contributed by atoms with E-state index in [0.29, 0.717) is 11.4 Å². The van der Waals surface area contributed by atoms with Gasteiger partial charge in [0.1, 0.15) is 11.9 Å². The molecule has 5 aromatic rings. The molecular weight excluding hydrogens is 578 g/mol. The molecule has 0 saturated heterocycles. The number of nitrogens with zero attached hydrogens (tertiary/aromatic N) is 15. The summed E-state index contributed by atoms with van der Waals surface area (Å²) in [6.07, 6.45) is 3.89. The zero-order valence-corrected chi connectivity index (χ0v) is 23.8. The molecule has 0 spiro atoms. The van der Waals surface area contributed by atoms with E-state index < -0.39 is 11.8 Å². The number of hydrogen-bond acceptors (Lipinski definition) is 17. The molecule has 0 aliphatic carbocycles. The average molecular weight is 602 g/mol. The maximum absolute atomic E-state index is 12.0. The van der Waals surface area contributed by atoms with Gasteiger partial charge in [-0.15, -0.1) is 20.5 Å². The molecule has 0 aromatic carbocycles. The number of hydrogen-bond donors (Lipinski definition) is 2. The first kappa shape index (κ1) is 29.0. The maximum Gasteiger partial charge on any atom is 0.343 e. The van der Waals surface area contributed by atoms with Crippen molar-refractivity contribution < 1.29 is 19.1 Å². The van der Waals surface area contributed by atoms with E-state index in [9.17, 15) is 14.4 Å². The van der Waals surface area contributed by atoms with Crippen molar-refractivity contribution in [2.24, 2.45) is 34.6 Å². The number of azo groups is 2. The van der Waals surface area contributed by atoms with Gasteiger partial charge in [-0.1, -0.05) is 0 Å². The summed E-state index contributed by atoms with van der Waals surface area (Å²) in [5.41, 5.74) is 13.8. The van der Waals surface area contributed by atoms with Gasteiger partial charge in [0.2, 0.25) is 5.78 Å². The van der Waals surface area contributed by atoms with Crippen LogP contribution in [0.25, 0.3) is 11.9 Å². The molecule has 0 amide bonds. The Morgan fingerprint density at radius 2 is 1.30 bits per heavy atom. The fraction of sp³-hybridized carbons (Fsp3) is 0.217. The number of aldehydes is 1. The summed E-state index contributed by atoms with van der Waals surface area (Å²) in [7, 11) is 4.37. The highest BCUT2D eigenvalue weighted by atomic mass is 16.5. The van der Waals surface area contributed by atoms with Crippen LogP contribution in [0.5, 0.6) is 0 Å². The number of anilines is 2. The van der Waals surface area contributed by atoms with Crippen molar-refractivity contribution in [2.75, 3.05) is 18.6 Å². The lowest BCUT2D eigenvalue weighted by Crippen LogP contribution is -2.12. The van der Waals surface area contributed by atoms with Crippen molar-refractivity contribution in [3.63, 3.8) is 0 Å². The Labute approximate surface area is 246 Å². The van der Waals surface area contributed by atoms with Gasteiger partial charge < -0.3 is 16.2 Å². The van der Waals surface area contributed by atoms with Crippen molar-refractivity contribution in [1.29, 1.82) is 0 Å². The molecule has 5 heterocycles. The topological polar surface area (TPSA) is 272 Å². The molecule has 21 heteroatoms. The number of ether oxygens (including phenoxy) is 1. The Morgan fingerprint density at radius 3 is 1.77 bits per heavy atom. The molecule has 0 bridgehead atoms. The summed E-state index contributed by atoms with van der Waals surface area (Å²) in [6.45, 7) is 3.28. The molecule has 0 saturated carbocycles. The third kappa shape index (κ3) is 5.03. The number of carbonyl (C=O) groups is 3. The van der Waals surface area contributed by atoms with Gasteiger partial charge in [0, 0.05) is 14.1 Å². The smallest absolute Gasteiger partial charge is 0.343 e. The van der Waals surface area contributed by atoms with E-state index in [1.807, 2.05) is 0 Å². The maximum atomic E-state index is 12.0. The van der Waals surface area contributed by atoms with Crippen molar-refractivity contribution >= 4 is 52.7 Å². The van der Waals surface area contributed by atoms with Gasteiger partial charge in [-0.05, 0) is 13.8 Å². The summed E-state index contributed by atoms with van der Waals surface area (Å²) >= 11 is 0. The van der Waals surface area contributed by atoms with Crippen LogP contribution in [-0.4, -0.2) is 79.2 Å². The Bertz CT molecular complexity index is 1990. The molecule has 4 N–H and O–H groups in total. The van der Waals surface area contributed by atoms with Crippen LogP contribution in [0.4, 0.5) is 34.6 Å². The number of aromatic nitrogens is 11. The molecule has 0 fully saturated rings. The number of rotatable bonds is 9. The van der Waals surface area contributed by atoms with E-state index in [4.69, 9.17) is 16.2 Å². The van der Waals surface area contributed by atoms with Crippen LogP contribution in [-0.2, 0) is 23.6 Å². The van der Waals surface area contributed by atoms with E-state index in [1.54, 1.807) is 20.9 Å². The minimum atomic E-state index is -0.800. The Kier molecular flexibility index (Phi) is 7.50. The van der Waals surface area contributed by atoms with Gasteiger partial charge in [0.15, 0.2) is 40.9 Å². The highest BCUT2D eigenvalue weighted by Crippen LogP contribution is 2.32. The van der Waals surface area contributed by atoms with Gasteiger partial charge >= 0.3 is 5.97 Å². The Balaban J connectivity index is 1.47. The highest BCUT2D eigenvalue weighted by Gasteiger charge is 2.22. The van der Waals surface area contributed by atoms with Gasteiger partial charge in [-0.2, -0.15) is 44.7 Å². The second-order valence-corrected chi connectivity index (χ2v) is 8.93. The zero-order valence-electron chi connectivity index (χ0n) is 23.8. The number of aryl methyl sites for hydroxylation is 4. The summed E-state index contributed by atoms with van der Waals surface area (Å²) in [6, 6.07) is 0. The molecule has 44 heavy (non-hydrogen) atoms. The predicted octanol–water partition coefficient (Wildman–Crippen LogP) is 1.49. The fourth-order valence-electron chi connectivity index (χ4n) is 3.89. The third-order valence-corrected chi connectivity index (χ3v) is 6.13. The summed E-state index contributed by atoms with van der Waals surface area (Å²) in [5.74, 6) is -1.15. The SMILES string of the molecule is COC(=O)c1cnn(C)c1/N=N/c1c(C)nn(-c2ncnc(-n3nc(C)c(/N=N/c4c(C(=O)C=O)cnn4C)c3N)n2)c1N. The number of Topliss-reactive ketones (excluding diaryl/α,β-unsaturated/α-hetero) is 1. The lowest BCUT2D eigenvalue weighted by atomic mass is 10.2. The summed E-state index contributed by atoms with van der Waals surface area (Å²) < 4.78 is 9.83. The monoisotopic (exact) mass is 601 g/mol. The van der Waals surface area contributed by atoms with E-state index in [0.717, 1.165) is 0 Å². The zero-order chi connectivity index (χ0) is 31.7. The van der Waals surface area contributed by atoms with E-state index >= 15 is 0 Å². The van der Waals surface area contributed by atoms with Crippen LogP contribution in [0.1, 0.15) is 32.1 Å². The number of nitrogen functional groups attached to an aromatic ring is 2. The molecule has 21 nitrogen and oxygen atoms in total. The van der Waals surface area contributed by atoms with Crippen molar-refractivity contribution in [3.05, 3.63) is 41.2 Å². The van der Waals surface area contributed by atoms with Gasteiger partial charge in [-0.3, -0.25) is 9.59 Å². The number of carbonyl (C=O) groups excluding carboxylic acids is 3. The van der Waals surface area contributed by atoms with Crippen LogP contribution < -0.4 is 11.5 Å². The van der Waals surface area contributed by atoms with Gasteiger partial charge in [0.05, 0.1) is 36.5 Å². The van der Waals surface area contributed by atoms with Crippen LogP contribution in [0.3, 0.4) is 0 Å². The Morgan fingerprint density at radius 1 is 0.818 bits per heavy atom. The molecule has 0 aliphatic heterocycles. The molecule has 0 radical (unpaired) electrons. The minimum absolute atomic E-state index is 0.00254. The van der Waals surface area contributed by atoms with E-state index in [2.05, 4.69) is 55.8 Å². The Hall–Kier alpha value is -6.54. The summed E-state index contributed by atoms with van der Waals surface area (Å²) in [5, 5.41) is 33.2. The molecular formula is C23H23N17O4. The van der Waals surface area contributed by atoms with Crippen LogP contribution in [0.2, 0.25) is 0 Å². The standard InChI is InChI=1S/C23H23N17O4/c1-10-15(31-33-19-12(14(42)8-41)6-28-37(19)3)17(24)39(35-10)22-26-9-27-23(30-22)40-18(25)16(11(2)36-40)32-34-20-13(21(43)44-5)7-29-38(20)4/h6-9H,24-25H2,1-5H3/b33-31+,34-32+. The average Bonchev–Trinajstić information content (AvgIpc) is 3.74. The normalized spacial score (nSPS) is 11.6. The van der Waals surface area contributed by atoms with Crippen LogP contribution in [0.15, 0.2) is 39.2 Å². The number of methoxy groups -OCH3 is 1.